The Morgan fingerprint density at radius 1 is 1.17 bits per heavy atom. The second kappa shape index (κ2) is 6.14. The topological polar surface area (TPSA) is 38.0 Å². The lowest BCUT2D eigenvalue weighted by molar-refractivity contribution is 0.560. The van der Waals surface area contributed by atoms with Crippen molar-refractivity contribution >= 4 is 11.3 Å². The first-order valence-electron chi connectivity index (χ1n) is 6.29. The molecule has 1 unspecified atom stereocenters. The maximum atomic E-state index is 5.65. The van der Waals surface area contributed by atoms with Crippen LogP contribution in [0.2, 0.25) is 0 Å². The maximum Gasteiger partial charge on any atom is 0.0593 e. The molecule has 1 aromatic carbocycles. The Morgan fingerprint density at radius 2 is 1.89 bits per heavy atom. The molecule has 0 amide bonds. The molecule has 3 heteroatoms. The number of nitrogens with two attached hydrogens (primary N) is 1. The predicted octanol–water partition coefficient (Wildman–Crippen LogP) is 3.62. The van der Waals surface area contributed by atoms with Crippen LogP contribution in [0.4, 0.5) is 0 Å². The number of hydrogen-bond acceptors (Lipinski definition) is 3. The van der Waals surface area contributed by atoms with Crippen molar-refractivity contribution in [2.24, 2.45) is 5.84 Å². The monoisotopic (exact) mass is 260 g/mol. The first-order valence-corrected chi connectivity index (χ1v) is 7.17. The van der Waals surface area contributed by atoms with Gasteiger partial charge < -0.3 is 0 Å². The van der Waals surface area contributed by atoms with Gasteiger partial charge in [0.05, 0.1) is 6.04 Å². The SMILES string of the molecule is CC(C)c1ccc(CC(NN)c2cccs2)cc1. The second-order valence-electron chi connectivity index (χ2n) is 4.84. The molecule has 0 radical (unpaired) electrons. The minimum absolute atomic E-state index is 0.204. The number of nitrogens with one attached hydrogen (secondary N) is 1. The van der Waals surface area contributed by atoms with Gasteiger partial charge in [0.1, 0.15) is 0 Å². The summed E-state index contributed by atoms with van der Waals surface area (Å²) in [5.74, 6) is 6.23. The molecule has 0 bridgehead atoms. The first kappa shape index (κ1) is 13.3. The maximum absolute atomic E-state index is 5.65. The summed E-state index contributed by atoms with van der Waals surface area (Å²) in [4.78, 5) is 1.28. The summed E-state index contributed by atoms with van der Waals surface area (Å²) in [6.07, 6.45) is 0.926. The zero-order valence-electron chi connectivity index (χ0n) is 10.9. The third-order valence-electron chi connectivity index (χ3n) is 3.17. The van der Waals surface area contributed by atoms with E-state index in [0.717, 1.165) is 6.42 Å². The summed E-state index contributed by atoms with van der Waals surface area (Å²) in [6.45, 7) is 4.43. The summed E-state index contributed by atoms with van der Waals surface area (Å²) in [7, 11) is 0. The van der Waals surface area contributed by atoms with Gasteiger partial charge in [0.2, 0.25) is 0 Å². The third kappa shape index (κ3) is 3.19. The normalized spacial score (nSPS) is 12.9. The Morgan fingerprint density at radius 3 is 2.39 bits per heavy atom. The van der Waals surface area contributed by atoms with Gasteiger partial charge in [-0.3, -0.25) is 11.3 Å². The highest BCUT2D eigenvalue weighted by Crippen LogP contribution is 2.23. The van der Waals surface area contributed by atoms with E-state index in [0.29, 0.717) is 5.92 Å². The Kier molecular flexibility index (Phi) is 4.53. The first-order chi connectivity index (χ1) is 8.70. The van der Waals surface area contributed by atoms with Gasteiger partial charge in [0.25, 0.3) is 0 Å². The standard InChI is InChI=1S/C15H20N2S/c1-11(2)13-7-5-12(6-8-13)10-14(17-16)15-4-3-9-18-15/h3-9,11,14,17H,10,16H2,1-2H3. The van der Waals surface area contributed by atoms with Crippen LogP contribution in [0, 0.1) is 0 Å². The molecule has 1 aromatic heterocycles. The highest BCUT2D eigenvalue weighted by Gasteiger charge is 2.11. The Labute approximate surface area is 113 Å². The van der Waals surface area contributed by atoms with Crippen LogP contribution in [0.5, 0.6) is 0 Å². The minimum Gasteiger partial charge on any atom is -0.271 e. The highest BCUT2D eigenvalue weighted by atomic mass is 32.1. The molecular formula is C15H20N2S. The minimum atomic E-state index is 0.204. The summed E-state index contributed by atoms with van der Waals surface area (Å²) in [5, 5.41) is 2.08. The molecule has 1 atom stereocenters. The van der Waals surface area contributed by atoms with Gasteiger partial charge in [-0.1, -0.05) is 44.2 Å². The van der Waals surface area contributed by atoms with Gasteiger partial charge in [0.15, 0.2) is 0 Å². The van der Waals surface area contributed by atoms with Crippen molar-refractivity contribution < 1.29 is 0 Å². The van der Waals surface area contributed by atoms with Crippen LogP contribution in [0.15, 0.2) is 41.8 Å². The van der Waals surface area contributed by atoms with E-state index in [1.54, 1.807) is 11.3 Å². The van der Waals surface area contributed by atoms with Gasteiger partial charge in [0, 0.05) is 4.88 Å². The van der Waals surface area contributed by atoms with Crippen molar-refractivity contribution in [1.82, 2.24) is 5.43 Å². The number of rotatable bonds is 5. The van der Waals surface area contributed by atoms with Crippen LogP contribution < -0.4 is 11.3 Å². The fourth-order valence-corrected chi connectivity index (χ4v) is 2.79. The molecule has 0 aliphatic carbocycles. The van der Waals surface area contributed by atoms with Crippen LogP contribution in [0.1, 0.15) is 41.8 Å². The third-order valence-corrected chi connectivity index (χ3v) is 4.16. The zero-order chi connectivity index (χ0) is 13.0. The Balaban J connectivity index is 2.08. The molecule has 2 aromatic rings. The fraction of sp³-hybridized carbons (Fsp3) is 0.333. The molecule has 2 nitrogen and oxygen atoms in total. The van der Waals surface area contributed by atoms with E-state index in [1.807, 2.05) is 0 Å². The van der Waals surface area contributed by atoms with Crippen molar-refractivity contribution in [3.05, 3.63) is 57.8 Å². The predicted molar refractivity (Wildman–Crippen MR) is 78.6 cm³/mol. The van der Waals surface area contributed by atoms with E-state index in [4.69, 9.17) is 5.84 Å². The molecule has 2 rings (SSSR count). The molecule has 0 aliphatic heterocycles. The van der Waals surface area contributed by atoms with Crippen molar-refractivity contribution in [1.29, 1.82) is 0 Å². The molecular weight excluding hydrogens is 240 g/mol. The molecule has 1 heterocycles. The van der Waals surface area contributed by atoms with E-state index < -0.39 is 0 Å². The van der Waals surface area contributed by atoms with Crippen molar-refractivity contribution in [3.63, 3.8) is 0 Å². The van der Waals surface area contributed by atoms with Crippen LogP contribution in [0.25, 0.3) is 0 Å². The largest absolute Gasteiger partial charge is 0.271 e. The molecule has 18 heavy (non-hydrogen) atoms. The number of thiophene rings is 1. The second-order valence-corrected chi connectivity index (χ2v) is 5.81. The number of hydrazine groups is 1. The molecule has 0 aliphatic rings. The average molecular weight is 260 g/mol. The van der Waals surface area contributed by atoms with Crippen LogP contribution in [0.3, 0.4) is 0 Å². The van der Waals surface area contributed by atoms with E-state index in [-0.39, 0.29) is 6.04 Å². The van der Waals surface area contributed by atoms with Crippen LogP contribution in [-0.2, 0) is 6.42 Å². The van der Waals surface area contributed by atoms with Crippen LogP contribution >= 0.6 is 11.3 Å². The molecule has 3 N–H and O–H groups in total. The quantitative estimate of drug-likeness (QED) is 0.636. The van der Waals surface area contributed by atoms with Gasteiger partial charge in [-0.25, -0.2) is 0 Å². The highest BCUT2D eigenvalue weighted by molar-refractivity contribution is 7.10. The molecule has 0 spiro atoms. The number of benzene rings is 1. The lowest BCUT2D eigenvalue weighted by atomic mass is 9.99. The average Bonchev–Trinajstić information content (AvgIpc) is 2.90. The van der Waals surface area contributed by atoms with Gasteiger partial charge in [-0.15, -0.1) is 11.3 Å². The van der Waals surface area contributed by atoms with E-state index in [1.165, 1.54) is 16.0 Å². The molecule has 0 saturated heterocycles. The van der Waals surface area contributed by atoms with Gasteiger partial charge >= 0.3 is 0 Å². The summed E-state index contributed by atoms with van der Waals surface area (Å²) in [6, 6.07) is 13.2. The number of hydrogen-bond donors (Lipinski definition) is 2. The molecule has 0 fully saturated rings. The summed E-state index contributed by atoms with van der Waals surface area (Å²) < 4.78 is 0. The molecule has 96 valence electrons. The van der Waals surface area contributed by atoms with E-state index in [9.17, 15) is 0 Å². The smallest absolute Gasteiger partial charge is 0.0593 e. The van der Waals surface area contributed by atoms with Crippen LogP contribution in [-0.4, -0.2) is 0 Å². The Hall–Kier alpha value is -1.16. The Bertz CT molecular complexity index is 460. The van der Waals surface area contributed by atoms with Gasteiger partial charge in [-0.2, -0.15) is 0 Å². The fourth-order valence-electron chi connectivity index (χ4n) is 2.01. The zero-order valence-corrected chi connectivity index (χ0v) is 11.7. The summed E-state index contributed by atoms with van der Waals surface area (Å²) in [5.41, 5.74) is 5.60. The van der Waals surface area contributed by atoms with Crippen molar-refractivity contribution in [2.45, 2.75) is 32.2 Å². The van der Waals surface area contributed by atoms with E-state index in [2.05, 4.69) is 61.1 Å². The lowest BCUT2D eigenvalue weighted by Gasteiger charge is -2.15. The van der Waals surface area contributed by atoms with Crippen molar-refractivity contribution in [2.75, 3.05) is 0 Å². The lowest BCUT2D eigenvalue weighted by Crippen LogP contribution is -2.28. The summed E-state index contributed by atoms with van der Waals surface area (Å²) >= 11 is 1.74. The van der Waals surface area contributed by atoms with Crippen molar-refractivity contribution in [3.8, 4) is 0 Å². The van der Waals surface area contributed by atoms with E-state index >= 15 is 0 Å². The van der Waals surface area contributed by atoms with Gasteiger partial charge in [-0.05, 0) is 34.9 Å². The molecule has 0 saturated carbocycles.